The topological polar surface area (TPSA) is 99.9 Å². The van der Waals surface area contributed by atoms with Crippen LogP contribution < -0.4 is 19.5 Å². The van der Waals surface area contributed by atoms with Gasteiger partial charge in [-0.1, -0.05) is 6.07 Å². The van der Waals surface area contributed by atoms with Gasteiger partial charge in [-0.05, 0) is 24.3 Å². The standard InChI is InChI=1S/C16H16N2O6/c1-22-12-4-3-5-13(9-12)24-10-16(19)17-11-6-7-15(23-2)14(8-11)18(20)21/h3-9H,10H2,1-2H3,(H,17,19). The van der Waals surface area contributed by atoms with E-state index in [2.05, 4.69) is 5.32 Å². The van der Waals surface area contributed by atoms with Gasteiger partial charge in [0.15, 0.2) is 12.4 Å². The minimum absolute atomic E-state index is 0.116. The summed E-state index contributed by atoms with van der Waals surface area (Å²) in [6.07, 6.45) is 0. The number of amides is 1. The maximum Gasteiger partial charge on any atom is 0.312 e. The lowest BCUT2D eigenvalue weighted by Gasteiger charge is -2.09. The van der Waals surface area contributed by atoms with Crippen LogP contribution in [0, 0.1) is 10.1 Å². The van der Waals surface area contributed by atoms with E-state index in [1.54, 1.807) is 24.3 Å². The Hall–Kier alpha value is -3.29. The maximum absolute atomic E-state index is 11.9. The van der Waals surface area contributed by atoms with Gasteiger partial charge in [-0.15, -0.1) is 0 Å². The number of nitrogens with zero attached hydrogens (tertiary/aromatic N) is 1. The van der Waals surface area contributed by atoms with Crippen molar-refractivity contribution in [3.63, 3.8) is 0 Å². The molecule has 2 aromatic rings. The third-order valence-corrected chi connectivity index (χ3v) is 3.07. The predicted molar refractivity (Wildman–Crippen MR) is 86.8 cm³/mol. The first-order valence-electron chi connectivity index (χ1n) is 6.92. The van der Waals surface area contributed by atoms with Gasteiger partial charge in [0.05, 0.1) is 19.1 Å². The molecule has 8 heteroatoms. The van der Waals surface area contributed by atoms with Gasteiger partial charge in [-0.3, -0.25) is 14.9 Å². The third-order valence-electron chi connectivity index (χ3n) is 3.07. The van der Waals surface area contributed by atoms with Crippen molar-refractivity contribution in [1.82, 2.24) is 0 Å². The zero-order chi connectivity index (χ0) is 17.5. The molecule has 2 rings (SSSR count). The highest BCUT2D eigenvalue weighted by atomic mass is 16.6. The summed E-state index contributed by atoms with van der Waals surface area (Å²) in [7, 11) is 2.87. The van der Waals surface area contributed by atoms with Gasteiger partial charge in [0, 0.05) is 17.8 Å². The molecule has 2 aromatic carbocycles. The van der Waals surface area contributed by atoms with E-state index < -0.39 is 10.8 Å². The Bertz CT molecular complexity index is 747. The van der Waals surface area contributed by atoms with Crippen LogP contribution in [0.25, 0.3) is 0 Å². The number of ether oxygens (including phenoxy) is 3. The minimum Gasteiger partial charge on any atom is -0.497 e. The normalized spacial score (nSPS) is 9.92. The largest absolute Gasteiger partial charge is 0.497 e. The molecule has 0 spiro atoms. The molecule has 1 amide bonds. The molecule has 0 fully saturated rings. The molecule has 24 heavy (non-hydrogen) atoms. The number of nitro groups is 1. The van der Waals surface area contributed by atoms with E-state index in [4.69, 9.17) is 14.2 Å². The SMILES string of the molecule is COc1cccc(OCC(=O)Nc2ccc(OC)c([N+](=O)[O-])c2)c1. The Balaban J connectivity index is 1.99. The summed E-state index contributed by atoms with van der Waals surface area (Å²) in [5, 5.41) is 13.5. The average molecular weight is 332 g/mol. The molecule has 0 heterocycles. The molecule has 0 atom stereocenters. The molecule has 0 saturated heterocycles. The molecule has 0 bridgehead atoms. The van der Waals surface area contributed by atoms with Crippen molar-refractivity contribution in [2.24, 2.45) is 0 Å². The molecular formula is C16H16N2O6. The number of methoxy groups -OCH3 is 2. The second-order valence-corrected chi connectivity index (χ2v) is 4.66. The first-order chi connectivity index (χ1) is 11.5. The van der Waals surface area contributed by atoms with Crippen molar-refractivity contribution in [3.05, 3.63) is 52.6 Å². The van der Waals surface area contributed by atoms with Gasteiger partial charge in [0.2, 0.25) is 0 Å². The number of rotatable bonds is 7. The highest BCUT2D eigenvalue weighted by Gasteiger charge is 2.16. The highest BCUT2D eigenvalue weighted by Crippen LogP contribution is 2.29. The molecule has 1 N–H and O–H groups in total. The summed E-state index contributed by atoms with van der Waals surface area (Å²) in [5.41, 5.74) is 0.0470. The van der Waals surface area contributed by atoms with Crippen LogP contribution in [0.15, 0.2) is 42.5 Å². The minimum atomic E-state index is -0.582. The monoisotopic (exact) mass is 332 g/mol. The van der Waals surface area contributed by atoms with Crippen LogP contribution in [0.2, 0.25) is 0 Å². The van der Waals surface area contributed by atoms with E-state index in [1.807, 2.05) is 0 Å². The number of benzene rings is 2. The van der Waals surface area contributed by atoms with Gasteiger partial charge in [0.1, 0.15) is 11.5 Å². The van der Waals surface area contributed by atoms with E-state index in [-0.39, 0.29) is 23.7 Å². The van der Waals surface area contributed by atoms with Crippen molar-refractivity contribution in [2.45, 2.75) is 0 Å². The fourth-order valence-corrected chi connectivity index (χ4v) is 1.95. The highest BCUT2D eigenvalue weighted by molar-refractivity contribution is 5.92. The second-order valence-electron chi connectivity index (χ2n) is 4.66. The molecule has 0 aliphatic heterocycles. The zero-order valence-corrected chi connectivity index (χ0v) is 13.1. The molecule has 0 aliphatic rings. The molecule has 126 valence electrons. The number of anilines is 1. The van der Waals surface area contributed by atoms with Gasteiger partial charge in [-0.25, -0.2) is 0 Å². The number of hydrogen-bond donors (Lipinski definition) is 1. The number of nitro benzene ring substituents is 1. The lowest BCUT2D eigenvalue weighted by atomic mass is 10.2. The summed E-state index contributed by atoms with van der Waals surface area (Å²) in [6.45, 7) is -0.243. The van der Waals surface area contributed by atoms with Gasteiger partial charge in [0.25, 0.3) is 5.91 Å². The van der Waals surface area contributed by atoms with Gasteiger partial charge >= 0.3 is 5.69 Å². The van der Waals surface area contributed by atoms with Gasteiger partial charge < -0.3 is 19.5 Å². The fourth-order valence-electron chi connectivity index (χ4n) is 1.95. The van der Waals surface area contributed by atoms with Crippen LogP contribution in [-0.2, 0) is 4.79 Å². The molecule has 0 saturated carbocycles. The number of nitrogens with one attached hydrogen (secondary N) is 1. The van der Waals surface area contributed by atoms with Crippen LogP contribution in [0.4, 0.5) is 11.4 Å². The van der Waals surface area contributed by atoms with E-state index in [0.29, 0.717) is 11.5 Å². The third kappa shape index (κ3) is 4.35. The molecule has 8 nitrogen and oxygen atoms in total. The van der Waals surface area contributed by atoms with Crippen LogP contribution in [-0.4, -0.2) is 31.7 Å². The first-order valence-corrected chi connectivity index (χ1v) is 6.92. The molecule has 0 aliphatic carbocycles. The number of carbonyl (C=O) groups excluding carboxylic acids is 1. The van der Waals surface area contributed by atoms with Crippen molar-refractivity contribution in [2.75, 3.05) is 26.1 Å². The average Bonchev–Trinajstić information content (AvgIpc) is 2.60. The molecule has 0 unspecified atom stereocenters. The lowest BCUT2D eigenvalue weighted by Crippen LogP contribution is -2.20. The van der Waals surface area contributed by atoms with E-state index in [1.165, 1.54) is 32.4 Å². The van der Waals surface area contributed by atoms with Crippen molar-refractivity contribution >= 4 is 17.3 Å². The van der Waals surface area contributed by atoms with Crippen molar-refractivity contribution in [1.29, 1.82) is 0 Å². The summed E-state index contributed by atoms with van der Waals surface area (Å²) >= 11 is 0. The Morgan fingerprint density at radius 3 is 2.54 bits per heavy atom. The Labute approximate surface area is 138 Å². The summed E-state index contributed by atoms with van der Waals surface area (Å²) in [5.74, 6) is 0.756. The van der Waals surface area contributed by atoms with Crippen molar-refractivity contribution in [3.8, 4) is 17.2 Å². The summed E-state index contributed by atoms with van der Waals surface area (Å²) in [6, 6.07) is 11.0. The van der Waals surface area contributed by atoms with Crippen LogP contribution in [0.5, 0.6) is 17.2 Å². The van der Waals surface area contributed by atoms with E-state index >= 15 is 0 Å². The maximum atomic E-state index is 11.9. The van der Waals surface area contributed by atoms with Gasteiger partial charge in [-0.2, -0.15) is 0 Å². The lowest BCUT2D eigenvalue weighted by molar-refractivity contribution is -0.385. The molecular weight excluding hydrogens is 316 g/mol. The number of hydrogen-bond acceptors (Lipinski definition) is 6. The predicted octanol–water partition coefficient (Wildman–Crippen LogP) is 2.63. The fraction of sp³-hybridized carbons (Fsp3) is 0.188. The molecule has 0 radical (unpaired) electrons. The Morgan fingerprint density at radius 2 is 1.88 bits per heavy atom. The molecule has 0 aromatic heterocycles. The zero-order valence-electron chi connectivity index (χ0n) is 13.1. The van der Waals surface area contributed by atoms with Crippen molar-refractivity contribution < 1.29 is 23.9 Å². The quantitative estimate of drug-likeness (QED) is 0.618. The van der Waals surface area contributed by atoms with Crippen LogP contribution in [0.1, 0.15) is 0 Å². The Morgan fingerprint density at radius 1 is 1.12 bits per heavy atom. The Kier molecular flexibility index (Phi) is 5.56. The van der Waals surface area contributed by atoms with Crippen LogP contribution in [0.3, 0.4) is 0 Å². The number of carbonyl (C=O) groups is 1. The van der Waals surface area contributed by atoms with E-state index in [9.17, 15) is 14.9 Å². The first kappa shape index (κ1) is 17.1. The summed E-state index contributed by atoms with van der Waals surface area (Å²) in [4.78, 5) is 22.3. The second kappa shape index (κ2) is 7.82. The smallest absolute Gasteiger partial charge is 0.312 e. The summed E-state index contributed by atoms with van der Waals surface area (Å²) < 4.78 is 15.3. The van der Waals surface area contributed by atoms with Crippen LogP contribution >= 0.6 is 0 Å². The van der Waals surface area contributed by atoms with E-state index in [0.717, 1.165) is 0 Å².